The third-order valence-corrected chi connectivity index (χ3v) is 3.24. The number of aromatic hydroxyl groups is 1. The number of halogens is 8. The summed E-state index contributed by atoms with van der Waals surface area (Å²) in [5.41, 5.74) is -2.94. The van der Waals surface area contributed by atoms with Gasteiger partial charge in [0.1, 0.15) is 5.75 Å². The molecule has 2 aromatic rings. The summed E-state index contributed by atoms with van der Waals surface area (Å²) in [5, 5.41) is 9.79. The molecule has 0 fully saturated rings. The summed E-state index contributed by atoms with van der Waals surface area (Å²) in [6.45, 7) is 1.59. The number of phenols is 1. The van der Waals surface area contributed by atoms with Crippen LogP contribution in [-0.4, -0.2) is 11.3 Å². The van der Waals surface area contributed by atoms with Crippen LogP contribution in [0.5, 0.6) is 5.75 Å². The van der Waals surface area contributed by atoms with Gasteiger partial charge < -0.3 is 5.11 Å². The standard InChI is InChI=1S/C16H11F6NO.2ClH.Ti/c1-9-3-2-4-10(14(9)24)8-23-13-6-5-11(15(17,18)19)7-12(13)16(20,21)22;;;/h2-8,24H,1H3;2*1H;/q;;;+2/p-2. The minimum atomic E-state index is -5.00. The molecule has 1 N–H and O–H groups in total. The first-order chi connectivity index (χ1) is 12.4. The van der Waals surface area contributed by atoms with Gasteiger partial charge in [0.05, 0.1) is 16.8 Å². The molecule has 0 heterocycles. The Morgan fingerprint density at radius 3 is 2.11 bits per heavy atom. The van der Waals surface area contributed by atoms with Crippen molar-refractivity contribution in [2.75, 3.05) is 0 Å². The molecule has 2 aromatic carbocycles. The molecule has 0 aliphatic heterocycles. The Morgan fingerprint density at radius 1 is 1.00 bits per heavy atom. The van der Waals surface area contributed by atoms with Gasteiger partial charge in [-0.15, -0.1) is 0 Å². The second-order valence-electron chi connectivity index (χ2n) is 5.07. The van der Waals surface area contributed by atoms with Crippen molar-refractivity contribution < 1.29 is 48.5 Å². The molecule has 0 saturated carbocycles. The maximum atomic E-state index is 13.0. The topological polar surface area (TPSA) is 32.6 Å². The van der Waals surface area contributed by atoms with Crippen LogP contribution in [0.3, 0.4) is 0 Å². The van der Waals surface area contributed by atoms with E-state index in [0.717, 1.165) is 6.21 Å². The first kappa shape index (κ1) is 23.8. The molecule has 0 radical (unpaired) electrons. The van der Waals surface area contributed by atoms with E-state index >= 15 is 0 Å². The summed E-state index contributed by atoms with van der Waals surface area (Å²) in [4.78, 5) is 3.60. The second kappa shape index (κ2) is 9.82. The number of aliphatic imine (C=N–C) groups is 1. The average Bonchev–Trinajstić information content (AvgIpc) is 2.55. The van der Waals surface area contributed by atoms with Gasteiger partial charge in [0, 0.05) is 11.8 Å². The Morgan fingerprint density at radius 2 is 1.59 bits per heavy atom. The fourth-order valence-corrected chi connectivity index (χ4v) is 1.98. The molecule has 0 bridgehead atoms. The minimum absolute atomic E-state index is 0.0166. The van der Waals surface area contributed by atoms with Crippen LogP contribution in [0.15, 0.2) is 41.4 Å². The maximum absolute atomic E-state index is 13.0. The van der Waals surface area contributed by atoms with Crippen molar-refractivity contribution in [1.82, 2.24) is 0 Å². The Bertz CT molecular complexity index is 808. The summed E-state index contributed by atoms with van der Waals surface area (Å²) in [6, 6.07) is 5.76. The zero-order valence-corrected chi connectivity index (χ0v) is 16.5. The fourth-order valence-electron chi connectivity index (χ4n) is 1.98. The van der Waals surface area contributed by atoms with Gasteiger partial charge >= 0.3 is 48.0 Å². The molecular weight excluding hydrogens is 455 g/mol. The predicted molar refractivity (Wildman–Crippen MR) is 88.2 cm³/mol. The van der Waals surface area contributed by atoms with E-state index in [1.165, 1.54) is 6.07 Å². The van der Waals surface area contributed by atoms with Crippen LogP contribution in [0.4, 0.5) is 32.0 Å². The average molecular weight is 466 g/mol. The molecule has 0 unspecified atom stereocenters. The van der Waals surface area contributed by atoms with Crippen molar-refractivity contribution in [3.8, 4) is 5.75 Å². The van der Waals surface area contributed by atoms with Gasteiger partial charge in [0.2, 0.25) is 0 Å². The van der Waals surface area contributed by atoms with Gasteiger partial charge in [-0.2, -0.15) is 26.3 Å². The number of para-hydroxylation sites is 1. The van der Waals surface area contributed by atoms with Crippen molar-refractivity contribution in [2.45, 2.75) is 19.3 Å². The molecule has 27 heavy (non-hydrogen) atoms. The Hall–Kier alpha value is -1.22. The van der Waals surface area contributed by atoms with E-state index in [9.17, 15) is 31.4 Å². The molecular formula is C16H11Cl2F6NOTi. The molecule has 0 amide bonds. The molecule has 0 atom stereocenters. The number of aryl methyl sites for hydroxylation is 1. The van der Waals surface area contributed by atoms with E-state index in [-0.39, 0.29) is 17.4 Å². The zero-order valence-electron chi connectivity index (χ0n) is 13.5. The number of nitrogens with zero attached hydrogens (tertiary/aromatic N) is 1. The molecule has 0 aliphatic carbocycles. The van der Waals surface area contributed by atoms with Gasteiger partial charge in [-0.3, -0.25) is 4.99 Å². The van der Waals surface area contributed by atoms with Crippen molar-refractivity contribution in [2.24, 2.45) is 4.99 Å². The number of alkyl halides is 6. The van der Waals surface area contributed by atoms with Crippen molar-refractivity contribution in [3.05, 3.63) is 58.7 Å². The van der Waals surface area contributed by atoms with Gasteiger partial charge in [-0.25, -0.2) is 0 Å². The van der Waals surface area contributed by atoms with E-state index in [1.54, 1.807) is 19.1 Å². The number of hydrogen-bond acceptors (Lipinski definition) is 2. The zero-order chi connectivity index (χ0) is 20.8. The van der Waals surface area contributed by atoms with E-state index in [0.29, 0.717) is 17.7 Å². The van der Waals surface area contributed by atoms with Crippen molar-refractivity contribution in [3.63, 3.8) is 0 Å². The van der Waals surface area contributed by atoms with Gasteiger partial charge in [-0.1, -0.05) is 12.1 Å². The number of rotatable bonds is 2. The molecule has 2 nitrogen and oxygen atoms in total. The number of benzene rings is 2. The monoisotopic (exact) mass is 465 g/mol. The van der Waals surface area contributed by atoms with Crippen molar-refractivity contribution in [1.29, 1.82) is 0 Å². The van der Waals surface area contributed by atoms with E-state index < -0.39 is 46.2 Å². The van der Waals surface area contributed by atoms with Crippen LogP contribution in [0, 0.1) is 6.92 Å². The first-order valence-corrected chi connectivity index (χ1v) is 11.3. The van der Waals surface area contributed by atoms with E-state index in [4.69, 9.17) is 18.6 Å². The summed E-state index contributed by atoms with van der Waals surface area (Å²) in [5.74, 6) is -0.165. The molecule has 0 aromatic heterocycles. The molecule has 2 rings (SSSR count). The molecule has 0 aliphatic rings. The quantitative estimate of drug-likeness (QED) is 0.293. The normalized spacial score (nSPS) is 11.9. The summed E-state index contributed by atoms with van der Waals surface area (Å²) < 4.78 is 76.8. The van der Waals surface area contributed by atoms with E-state index in [1.807, 2.05) is 0 Å². The Balaban J connectivity index is 0.00000114. The molecule has 0 saturated heterocycles. The predicted octanol–water partition coefficient (Wildman–Crippen LogP) is 6.87. The summed E-state index contributed by atoms with van der Waals surface area (Å²) in [7, 11) is 9.78. The third kappa shape index (κ3) is 7.03. The molecule has 0 spiro atoms. The van der Waals surface area contributed by atoms with Gasteiger partial charge in [-0.05, 0) is 36.8 Å². The van der Waals surface area contributed by atoms with Crippen LogP contribution in [-0.2, 0) is 29.4 Å². The van der Waals surface area contributed by atoms with Gasteiger partial charge in [0.25, 0.3) is 0 Å². The van der Waals surface area contributed by atoms with Crippen LogP contribution >= 0.6 is 18.6 Å². The second-order valence-corrected chi connectivity index (χ2v) is 7.65. The van der Waals surface area contributed by atoms with Crippen LogP contribution in [0.25, 0.3) is 0 Å². The molecule has 11 heteroatoms. The molecule has 146 valence electrons. The fraction of sp³-hybridized carbons (Fsp3) is 0.188. The van der Waals surface area contributed by atoms with Crippen LogP contribution in [0.1, 0.15) is 22.3 Å². The van der Waals surface area contributed by atoms with Crippen molar-refractivity contribution >= 4 is 30.5 Å². The number of hydrogen-bond donors (Lipinski definition) is 1. The van der Waals surface area contributed by atoms with Crippen LogP contribution < -0.4 is 0 Å². The Kier molecular flexibility index (Phi) is 8.66. The summed E-state index contributed by atoms with van der Waals surface area (Å²) in [6.07, 6.45) is -8.92. The SMILES string of the molecule is Cc1cccc(C=Nc2ccc(C(F)(F)F)cc2C(F)(F)F)c1O.[Cl][Ti][Cl]. The third-order valence-electron chi connectivity index (χ3n) is 3.24. The summed E-state index contributed by atoms with van der Waals surface area (Å²) >= 11 is -0.556. The van der Waals surface area contributed by atoms with Gasteiger partial charge in [0.15, 0.2) is 0 Å². The van der Waals surface area contributed by atoms with E-state index in [2.05, 4.69) is 4.99 Å². The van der Waals surface area contributed by atoms with Crippen LogP contribution in [0.2, 0.25) is 0 Å². The Labute approximate surface area is 167 Å². The number of phenolic OH excluding ortho intramolecular Hbond substituents is 1. The first-order valence-electron chi connectivity index (χ1n) is 6.99.